The summed E-state index contributed by atoms with van der Waals surface area (Å²) >= 11 is 0. The lowest BCUT2D eigenvalue weighted by molar-refractivity contribution is -0.121. The van der Waals surface area contributed by atoms with Gasteiger partial charge in [0.2, 0.25) is 23.8 Å². The number of aromatic nitrogens is 3. The molecule has 1 aromatic heterocycles. The Morgan fingerprint density at radius 1 is 0.743 bits per heavy atom. The molecule has 3 aromatic carbocycles. The van der Waals surface area contributed by atoms with E-state index in [-0.39, 0.29) is 35.1 Å². The summed E-state index contributed by atoms with van der Waals surface area (Å²) in [4.78, 5) is 25.3. The fourth-order valence-electron chi connectivity index (χ4n) is 3.12. The summed E-state index contributed by atoms with van der Waals surface area (Å²) in [6.07, 6.45) is 0. The summed E-state index contributed by atoms with van der Waals surface area (Å²) < 4.78 is 28.3. The van der Waals surface area contributed by atoms with Gasteiger partial charge in [0.25, 0.3) is 0 Å². The van der Waals surface area contributed by atoms with Crippen LogP contribution in [0.1, 0.15) is 12.5 Å². The second kappa shape index (κ2) is 11.0. The standard InChI is InChI=1S/C25H23F2N7O/c1-16(22(35)28-15-17-9-3-2-4-10-17)29-23-32-24(30-20-13-7-5-11-18(20)26)34-25(33-23)31-21-14-8-6-12-19(21)27/h2-14,16H,15H2,1H3,(H,28,35)(H3,29,30,31,32,33,34)/t16-/m1/s1. The molecule has 4 N–H and O–H groups in total. The molecule has 1 heterocycles. The Kier molecular flexibility index (Phi) is 7.41. The van der Waals surface area contributed by atoms with E-state index >= 15 is 0 Å². The second-order valence-electron chi connectivity index (χ2n) is 7.59. The highest BCUT2D eigenvalue weighted by Crippen LogP contribution is 2.22. The van der Waals surface area contributed by atoms with Crippen LogP contribution in [0.4, 0.5) is 38.0 Å². The van der Waals surface area contributed by atoms with Crippen molar-refractivity contribution in [1.29, 1.82) is 0 Å². The summed E-state index contributed by atoms with van der Waals surface area (Å²) in [5, 5.41) is 11.3. The third-order valence-corrected chi connectivity index (χ3v) is 4.92. The van der Waals surface area contributed by atoms with E-state index in [9.17, 15) is 13.6 Å². The minimum atomic E-state index is -0.705. The van der Waals surface area contributed by atoms with Crippen LogP contribution in [0.2, 0.25) is 0 Å². The summed E-state index contributed by atoms with van der Waals surface area (Å²) in [5.41, 5.74) is 1.26. The van der Waals surface area contributed by atoms with Gasteiger partial charge < -0.3 is 21.3 Å². The monoisotopic (exact) mass is 475 g/mol. The van der Waals surface area contributed by atoms with Crippen molar-refractivity contribution >= 4 is 35.1 Å². The van der Waals surface area contributed by atoms with Crippen LogP contribution < -0.4 is 21.3 Å². The van der Waals surface area contributed by atoms with E-state index < -0.39 is 17.7 Å². The Labute approximate surface area is 200 Å². The van der Waals surface area contributed by atoms with E-state index in [1.807, 2.05) is 30.3 Å². The van der Waals surface area contributed by atoms with Gasteiger partial charge in [-0.05, 0) is 36.8 Å². The summed E-state index contributed by atoms with van der Waals surface area (Å²) in [6.45, 7) is 2.02. The molecule has 10 heteroatoms. The van der Waals surface area contributed by atoms with Crippen LogP contribution in [-0.2, 0) is 11.3 Å². The second-order valence-corrected chi connectivity index (χ2v) is 7.59. The van der Waals surface area contributed by atoms with Gasteiger partial charge in [-0.2, -0.15) is 15.0 Å². The van der Waals surface area contributed by atoms with Crippen molar-refractivity contribution in [2.45, 2.75) is 19.5 Å². The maximum absolute atomic E-state index is 14.1. The largest absolute Gasteiger partial charge is 0.350 e. The Morgan fingerprint density at radius 2 is 1.23 bits per heavy atom. The highest BCUT2D eigenvalue weighted by atomic mass is 19.1. The molecule has 0 radical (unpaired) electrons. The minimum absolute atomic E-state index is 0.00309. The maximum Gasteiger partial charge on any atom is 0.242 e. The van der Waals surface area contributed by atoms with Gasteiger partial charge in [-0.1, -0.05) is 54.6 Å². The molecule has 35 heavy (non-hydrogen) atoms. The van der Waals surface area contributed by atoms with Crippen molar-refractivity contribution in [1.82, 2.24) is 20.3 Å². The lowest BCUT2D eigenvalue weighted by atomic mass is 10.2. The molecule has 1 atom stereocenters. The van der Waals surface area contributed by atoms with Crippen molar-refractivity contribution in [3.8, 4) is 0 Å². The van der Waals surface area contributed by atoms with E-state index in [1.54, 1.807) is 31.2 Å². The topological polar surface area (TPSA) is 104 Å². The molecule has 0 aliphatic carbocycles. The smallest absolute Gasteiger partial charge is 0.242 e. The number of halogens is 2. The van der Waals surface area contributed by atoms with Gasteiger partial charge in [0.1, 0.15) is 17.7 Å². The summed E-state index contributed by atoms with van der Waals surface area (Å²) in [5.74, 6) is -1.23. The first-order chi connectivity index (χ1) is 17.0. The Balaban J connectivity index is 1.54. The zero-order chi connectivity index (χ0) is 24.6. The number of rotatable bonds is 9. The Morgan fingerprint density at radius 3 is 1.77 bits per heavy atom. The molecule has 4 rings (SSSR count). The average Bonchev–Trinajstić information content (AvgIpc) is 2.86. The molecule has 0 unspecified atom stereocenters. The zero-order valence-electron chi connectivity index (χ0n) is 18.8. The van der Waals surface area contributed by atoms with Crippen LogP contribution >= 0.6 is 0 Å². The van der Waals surface area contributed by atoms with Crippen LogP contribution in [0.25, 0.3) is 0 Å². The van der Waals surface area contributed by atoms with Gasteiger partial charge in [-0.3, -0.25) is 4.79 Å². The highest BCUT2D eigenvalue weighted by Gasteiger charge is 2.16. The van der Waals surface area contributed by atoms with Gasteiger partial charge in [0.15, 0.2) is 0 Å². The first-order valence-electron chi connectivity index (χ1n) is 10.9. The molecule has 0 spiro atoms. The SMILES string of the molecule is C[C@@H](Nc1nc(Nc2ccccc2F)nc(Nc2ccccc2F)n1)C(=O)NCc1ccccc1. The lowest BCUT2D eigenvalue weighted by Crippen LogP contribution is -2.37. The van der Waals surface area contributed by atoms with Crippen molar-refractivity contribution in [3.05, 3.63) is 96.1 Å². The third kappa shape index (κ3) is 6.47. The average molecular weight is 476 g/mol. The van der Waals surface area contributed by atoms with Gasteiger partial charge in [0, 0.05) is 6.54 Å². The molecule has 0 fully saturated rings. The molecule has 0 aliphatic rings. The number of benzene rings is 3. The van der Waals surface area contributed by atoms with Crippen molar-refractivity contribution in [2.75, 3.05) is 16.0 Å². The fraction of sp³-hybridized carbons (Fsp3) is 0.120. The van der Waals surface area contributed by atoms with Gasteiger partial charge in [-0.25, -0.2) is 8.78 Å². The van der Waals surface area contributed by atoms with Gasteiger partial charge in [-0.15, -0.1) is 0 Å². The van der Waals surface area contributed by atoms with E-state index in [0.29, 0.717) is 6.54 Å². The van der Waals surface area contributed by atoms with Gasteiger partial charge >= 0.3 is 0 Å². The molecule has 178 valence electrons. The normalized spacial score (nSPS) is 11.4. The number of hydrogen-bond donors (Lipinski definition) is 4. The number of hydrogen-bond acceptors (Lipinski definition) is 7. The molecule has 0 bridgehead atoms. The number of para-hydroxylation sites is 2. The maximum atomic E-state index is 14.1. The molecule has 0 aliphatic heterocycles. The Hall–Kier alpha value is -4.60. The van der Waals surface area contributed by atoms with E-state index in [0.717, 1.165) is 5.56 Å². The van der Waals surface area contributed by atoms with Crippen LogP contribution in [0.3, 0.4) is 0 Å². The van der Waals surface area contributed by atoms with Crippen molar-refractivity contribution in [2.24, 2.45) is 0 Å². The summed E-state index contributed by atoms with van der Waals surface area (Å²) in [6, 6.07) is 20.9. The highest BCUT2D eigenvalue weighted by molar-refractivity contribution is 5.83. The third-order valence-electron chi connectivity index (χ3n) is 4.92. The molecule has 1 amide bonds. The Bertz CT molecular complexity index is 1240. The minimum Gasteiger partial charge on any atom is -0.350 e. The molecular formula is C25H23F2N7O. The van der Waals surface area contributed by atoms with Gasteiger partial charge in [0.05, 0.1) is 11.4 Å². The van der Waals surface area contributed by atoms with Crippen LogP contribution in [0.5, 0.6) is 0 Å². The molecule has 0 saturated carbocycles. The first-order valence-corrected chi connectivity index (χ1v) is 10.9. The number of carbonyl (C=O) groups excluding carboxylic acids is 1. The van der Waals surface area contributed by atoms with E-state index in [1.165, 1.54) is 24.3 Å². The zero-order valence-corrected chi connectivity index (χ0v) is 18.8. The number of amides is 1. The molecule has 0 saturated heterocycles. The van der Waals surface area contributed by atoms with Crippen molar-refractivity contribution in [3.63, 3.8) is 0 Å². The summed E-state index contributed by atoms with van der Waals surface area (Å²) in [7, 11) is 0. The first kappa shape index (κ1) is 23.6. The molecular weight excluding hydrogens is 452 g/mol. The van der Waals surface area contributed by atoms with E-state index in [4.69, 9.17) is 0 Å². The number of anilines is 5. The van der Waals surface area contributed by atoms with Crippen LogP contribution in [0, 0.1) is 11.6 Å². The lowest BCUT2D eigenvalue weighted by Gasteiger charge is -2.16. The molecule has 4 aromatic rings. The predicted octanol–water partition coefficient (Wildman–Crippen LogP) is 4.75. The number of nitrogens with one attached hydrogen (secondary N) is 4. The van der Waals surface area contributed by atoms with Crippen LogP contribution in [0.15, 0.2) is 78.9 Å². The number of carbonyl (C=O) groups is 1. The van der Waals surface area contributed by atoms with E-state index in [2.05, 4.69) is 36.2 Å². The fourth-order valence-corrected chi connectivity index (χ4v) is 3.12. The predicted molar refractivity (Wildman–Crippen MR) is 131 cm³/mol. The van der Waals surface area contributed by atoms with Crippen LogP contribution in [-0.4, -0.2) is 26.9 Å². The quantitative estimate of drug-likeness (QED) is 0.277. The molecule has 8 nitrogen and oxygen atoms in total. The number of nitrogens with zero attached hydrogens (tertiary/aromatic N) is 3. The van der Waals surface area contributed by atoms with Crippen molar-refractivity contribution < 1.29 is 13.6 Å².